The standard InChI is InChI=1S/C29H41FN6O2S2/c1-5-26(24(17-31)18-32-12-15-39-30)40-22(4)20(2)27(37)35-25-16-23(19-34-21(25)3)28(38)33-11-14-36-13-7-10-29(36)8-6-9-29/h5,16-19H,6-15,31H2,1-4H3,(H,33,38)(H,35,37)/b22-20-,24-17+,26-5-,32-18?. The molecular formula is C29H41FN6O2S2. The second kappa shape index (κ2) is 15.4. The average molecular weight is 589 g/mol. The van der Waals surface area contributed by atoms with Crippen molar-refractivity contribution in [1.82, 2.24) is 15.2 Å². The number of hydrogen-bond donors (Lipinski definition) is 3. The van der Waals surface area contributed by atoms with Crippen LogP contribution in [-0.2, 0) is 4.79 Å². The molecule has 0 unspecified atom stereocenters. The summed E-state index contributed by atoms with van der Waals surface area (Å²) in [7, 11) is 0. The molecule has 218 valence electrons. The zero-order chi connectivity index (χ0) is 29.1. The molecule has 8 nitrogen and oxygen atoms in total. The first kappa shape index (κ1) is 31.9. The van der Waals surface area contributed by atoms with E-state index >= 15 is 0 Å². The Morgan fingerprint density at radius 2 is 2.02 bits per heavy atom. The van der Waals surface area contributed by atoms with E-state index in [4.69, 9.17) is 5.73 Å². The predicted molar refractivity (Wildman–Crippen MR) is 166 cm³/mol. The second-order valence-electron chi connectivity index (χ2n) is 10.1. The normalized spacial score (nSPS) is 18.1. The highest BCUT2D eigenvalue weighted by Crippen LogP contribution is 2.45. The maximum Gasteiger partial charge on any atom is 0.252 e. The number of nitrogens with one attached hydrogen (secondary N) is 2. The van der Waals surface area contributed by atoms with Crippen LogP contribution in [0.1, 0.15) is 68.9 Å². The first-order valence-corrected chi connectivity index (χ1v) is 15.4. The van der Waals surface area contributed by atoms with Gasteiger partial charge in [-0.2, -0.15) is 3.89 Å². The number of allylic oxidation sites excluding steroid dienone is 3. The number of amides is 2. The molecule has 1 aliphatic heterocycles. The molecule has 3 rings (SSSR count). The van der Waals surface area contributed by atoms with Gasteiger partial charge >= 0.3 is 0 Å². The summed E-state index contributed by atoms with van der Waals surface area (Å²) in [5, 5.41) is 5.93. The fraction of sp³-hybridized carbons (Fsp3) is 0.517. The number of aromatic nitrogens is 1. The lowest BCUT2D eigenvalue weighted by Crippen LogP contribution is -2.51. The number of halogens is 1. The molecule has 2 amide bonds. The highest BCUT2D eigenvalue weighted by atomic mass is 32.2. The molecule has 0 atom stereocenters. The summed E-state index contributed by atoms with van der Waals surface area (Å²) in [6.45, 7) is 10.2. The van der Waals surface area contributed by atoms with E-state index in [0.29, 0.717) is 46.7 Å². The van der Waals surface area contributed by atoms with Gasteiger partial charge in [0.25, 0.3) is 11.8 Å². The first-order valence-electron chi connectivity index (χ1n) is 13.7. The van der Waals surface area contributed by atoms with Crippen molar-refractivity contribution in [1.29, 1.82) is 0 Å². The molecule has 0 aromatic carbocycles. The van der Waals surface area contributed by atoms with E-state index in [2.05, 4.69) is 25.5 Å². The molecule has 1 aromatic heterocycles. The minimum Gasteiger partial charge on any atom is -0.404 e. The number of hydrogen-bond acceptors (Lipinski definition) is 8. The third kappa shape index (κ3) is 8.20. The fourth-order valence-electron chi connectivity index (χ4n) is 5.03. The number of rotatable bonds is 13. The lowest BCUT2D eigenvalue weighted by atomic mass is 9.75. The summed E-state index contributed by atoms with van der Waals surface area (Å²) in [5.41, 5.74) is 8.92. The summed E-state index contributed by atoms with van der Waals surface area (Å²) in [5.74, 6) is -0.203. The zero-order valence-electron chi connectivity index (χ0n) is 23.9. The van der Waals surface area contributed by atoms with Crippen molar-refractivity contribution in [2.24, 2.45) is 10.7 Å². The molecular weight excluding hydrogens is 547 g/mol. The van der Waals surface area contributed by atoms with E-state index in [1.165, 1.54) is 50.1 Å². The van der Waals surface area contributed by atoms with Crippen LogP contribution in [0.3, 0.4) is 0 Å². The number of thioether (sulfide) groups is 1. The lowest BCUT2D eigenvalue weighted by Gasteiger charge is -2.46. The quantitative estimate of drug-likeness (QED) is 0.120. The number of carbonyl (C=O) groups excluding carboxylic acids is 2. The minimum absolute atomic E-state index is 0.200. The predicted octanol–water partition coefficient (Wildman–Crippen LogP) is 5.54. The van der Waals surface area contributed by atoms with Crippen LogP contribution in [0.15, 0.2) is 50.5 Å². The van der Waals surface area contributed by atoms with Gasteiger partial charge in [-0.05, 0) is 77.3 Å². The van der Waals surface area contributed by atoms with Crippen molar-refractivity contribution in [2.75, 3.05) is 37.2 Å². The lowest BCUT2D eigenvalue weighted by molar-refractivity contribution is -0.112. The van der Waals surface area contributed by atoms with Gasteiger partial charge in [-0.15, -0.1) is 0 Å². The Bertz CT molecular complexity index is 1190. The topological polar surface area (TPSA) is 113 Å². The van der Waals surface area contributed by atoms with Gasteiger partial charge in [-0.25, -0.2) is 0 Å². The van der Waals surface area contributed by atoms with E-state index < -0.39 is 0 Å². The van der Waals surface area contributed by atoms with Crippen molar-refractivity contribution >= 4 is 47.6 Å². The molecule has 4 N–H and O–H groups in total. The molecule has 40 heavy (non-hydrogen) atoms. The van der Waals surface area contributed by atoms with Gasteiger partial charge in [0.1, 0.15) is 0 Å². The van der Waals surface area contributed by atoms with Gasteiger partial charge in [0.05, 0.1) is 23.5 Å². The van der Waals surface area contributed by atoms with Crippen LogP contribution in [0.25, 0.3) is 0 Å². The Balaban J connectivity index is 1.60. The number of likely N-dealkylation sites (tertiary alicyclic amines) is 1. The van der Waals surface area contributed by atoms with Crippen molar-refractivity contribution in [2.45, 2.75) is 65.3 Å². The van der Waals surface area contributed by atoms with Crippen LogP contribution in [-0.4, -0.2) is 65.4 Å². The van der Waals surface area contributed by atoms with Gasteiger partial charge in [0.2, 0.25) is 0 Å². The number of carbonyl (C=O) groups is 2. The van der Waals surface area contributed by atoms with E-state index in [-0.39, 0.29) is 29.7 Å². The Morgan fingerprint density at radius 1 is 1.27 bits per heavy atom. The van der Waals surface area contributed by atoms with E-state index in [1.807, 2.05) is 19.9 Å². The van der Waals surface area contributed by atoms with E-state index in [9.17, 15) is 13.5 Å². The van der Waals surface area contributed by atoms with E-state index in [1.54, 1.807) is 32.3 Å². The smallest absolute Gasteiger partial charge is 0.252 e. The molecule has 11 heteroatoms. The Hall–Kier alpha value is -2.63. The molecule has 2 fully saturated rings. The third-order valence-electron chi connectivity index (χ3n) is 7.68. The second-order valence-corrected chi connectivity index (χ2v) is 12.0. The molecule has 1 aromatic rings. The molecule has 0 bridgehead atoms. The summed E-state index contributed by atoms with van der Waals surface area (Å²) in [6, 6.07) is 1.67. The first-order chi connectivity index (χ1) is 19.2. The van der Waals surface area contributed by atoms with Crippen molar-refractivity contribution in [3.05, 3.63) is 56.8 Å². The number of aryl methyl sites for hydroxylation is 1. The van der Waals surface area contributed by atoms with Gasteiger partial charge in [-0.3, -0.25) is 24.5 Å². The number of nitrogens with two attached hydrogens (primary N) is 1. The van der Waals surface area contributed by atoms with Crippen LogP contribution < -0.4 is 16.4 Å². The highest BCUT2D eigenvalue weighted by molar-refractivity contribution is 8.07. The van der Waals surface area contributed by atoms with Gasteiger partial charge < -0.3 is 16.4 Å². The third-order valence-corrected chi connectivity index (χ3v) is 9.32. The number of nitrogens with zero attached hydrogens (tertiary/aromatic N) is 3. The maximum absolute atomic E-state index is 13.1. The number of pyridine rings is 1. The van der Waals surface area contributed by atoms with Crippen LogP contribution in [0.2, 0.25) is 0 Å². The molecule has 1 saturated heterocycles. The largest absolute Gasteiger partial charge is 0.404 e. The Morgan fingerprint density at radius 3 is 2.67 bits per heavy atom. The monoisotopic (exact) mass is 588 g/mol. The Kier molecular flexibility index (Phi) is 12.3. The fourth-order valence-corrected chi connectivity index (χ4v) is 6.13. The van der Waals surface area contributed by atoms with Crippen LogP contribution in [0.4, 0.5) is 9.57 Å². The zero-order valence-corrected chi connectivity index (χ0v) is 25.5. The van der Waals surface area contributed by atoms with Gasteiger partial charge in [0.15, 0.2) is 0 Å². The van der Waals surface area contributed by atoms with Gasteiger partial charge in [-0.1, -0.05) is 17.8 Å². The summed E-state index contributed by atoms with van der Waals surface area (Å²) < 4.78 is 12.3. The molecule has 2 heterocycles. The summed E-state index contributed by atoms with van der Waals surface area (Å²) in [4.78, 5) is 38.7. The molecule has 0 radical (unpaired) electrons. The maximum atomic E-state index is 13.1. The van der Waals surface area contributed by atoms with Gasteiger partial charge in [0, 0.05) is 71.2 Å². The SMILES string of the molecule is C/C=C(S/C(C)=C(/C)C(=O)Nc1cc(C(=O)NCCN2CCCC23CCC3)cnc1C)/C(C=NCCSF)=C/N. The van der Waals surface area contributed by atoms with Crippen molar-refractivity contribution in [3.8, 4) is 0 Å². The average Bonchev–Trinajstić information content (AvgIpc) is 3.37. The molecule has 1 spiro atoms. The summed E-state index contributed by atoms with van der Waals surface area (Å²) >= 11 is 1.65. The van der Waals surface area contributed by atoms with Crippen molar-refractivity contribution in [3.63, 3.8) is 0 Å². The molecule has 1 saturated carbocycles. The van der Waals surface area contributed by atoms with E-state index in [0.717, 1.165) is 22.9 Å². The Labute approximate surface area is 245 Å². The summed E-state index contributed by atoms with van der Waals surface area (Å²) in [6.07, 6.45) is 12.8. The number of aliphatic imine (C=N–C) groups is 1. The van der Waals surface area contributed by atoms with Crippen LogP contribution in [0.5, 0.6) is 0 Å². The highest BCUT2D eigenvalue weighted by Gasteiger charge is 2.44. The number of anilines is 1. The van der Waals surface area contributed by atoms with Crippen LogP contribution >= 0.6 is 23.9 Å². The molecule has 1 aliphatic carbocycles. The van der Waals surface area contributed by atoms with Crippen LogP contribution in [0, 0.1) is 6.92 Å². The molecule has 2 aliphatic rings. The minimum atomic E-state index is -0.283. The van der Waals surface area contributed by atoms with Crippen molar-refractivity contribution < 1.29 is 13.5 Å².